The number of halogens is 3. The molecule has 0 spiro atoms. The van der Waals surface area contributed by atoms with Crippen LogP contribution in [0.5, 0.6) is 5.75 Å². The first-order chi connectivity index (χ1) is 10.5. The van der Waals surface area contributed by atoms with Gasteiger partial charge in [0, 0.05) is 11.8 Å². The van der Waals surface area contributed by atoms with Gasteiger partial charge in [-0.3, -0.25) is 0 Å². The molecule has 2 aromatic carbocycles. The first-order valence-electron chi connectivity index (χ1n) is 6.61. The highest BCUT2D eigenvalue weighted by Gasteiger charge is 2.44. The van der Waals surface area contributed by atoms with E-state index in [1.54, 1.807) is 24.3 Å². The lowest BCUT2D eigenvalue weighted by atomic mass is 10.0. The summed E-state index contributed by atoms with van der Waals surface area (Å²) in [6.45, 7) is 0. The molecule has 4 rings (SSSR count). The van der Waals surface area contributed by atoms with Crippen molar-refractivity contribution in [2.45, 2.75) is 0 Å². The molecular weight excluding hydrogens is 294 g/mol. The second kappa shape index (κ2) is 4.36. The molecule has 22 heavy (non-hydrogen) atoms. The van der Waals surface area contributed by atoms with E-state index in [1.165, 1.54) is 6.07 Å². The van der Waals surface area contributed by atoms with Crippen molar-refractivity contribution in [2.75, 3.05) is 0 Å². The maximum Gasteiger partial charge on any atom is 0.701 e. The van der Waals surface area contributed by atoms with Gasteiger partial charge in [0.05, 0.1) is 5.75 Å². The fourth-order valence-electron chi connectivity index (χ4n) is 2.44. The standard InChI is InChI=1S/C14H9BF3N3O/c16-10-5-6-13-9(7-10)8-21(15(17,18)22-13)14-19-11-3-1-2-4-12(11)20-14/h1-8H,(H,19,20). The van der Waals surface area contributed by atoms with E-state index < -0.39 is 12.9 Å². The summed E-state index contributed by atoms with van der Waals surface area (Å²) in [4.78, 5) is 6.94. The van der Waals surface area contributed by atoms with Crippen molar-refractivity contribution < 1.29 is 22.2 Å². The van der Waals surface area contributed by atoms with E-state index in [-0.39, 0.29) is 17.3 Å². The molecule has 0 fully saturated rings. The van der Waals surface area contributed by atoms with E-state index in [1.807, 2.05) is 0 Å². The molecule has 1 aromatic heterocycles. The van der Waals surface area contributed by atoms with E-state index in [4.69, 9.17) is 4.65 Å². The molecule has 0 saturated carbocycles. The Hall–Kier alpha value is -2.77. The molecule has 1 aliphatic heterocycles. The van der Waals surface area contributed by atoms with Crippen molar-refractivity contribution in [3.63, 3.8) is 0 Å². The van der Waals surface area contributed by atoms with Crippen molar-refractivity contribution in [1.29, 1.82) is 0 Å². The molecule has 4 nitrogen and oxygen atoms in total. The number of rotatable bonds is 1. The van der Waals surface area contributed by atoms with Gasteiger partial charge in [0.2, 0.25) is 0 Å². The van der Waals surface area contributed by atoms with Crippen molar-refractivity contribution in [1.82, 2.24) is 9.97 Å². The van der Waals surface area contributed by atoms with Gasteiger partial charge in [-0.25, -0.2) is 9.37 Å². The SMILES string of the molecule is Fc1ccc2c(c1)C=[N+](c1nc3ccccc3[nH]1)[B-](F)(F)O2. The molecule has 0 saturated heterocycles. The predicted molar refractivity (Wildman–Crippen MR) is 76.2 cm³/mol. The Labute approximate surface area is 122 Å². The van der Waals surface area contributed by atoms with E-state index in [0.29, 0.717) is 15.5 Å². The minimum absolute atomic E-state index is 0.0545. The van der Waals surface area contributed by atoms with Crippen molar-refractivity contribution in [2.24, 2.45) is 0 Å². The summed E-state index contributed by atoms with van der Waals surface area (Å²) in [6, 6.07) is 10.4. The maximum atomic E-state index is 14.2. The normalized spacial score (nSPS) is 16.0. The van der Waals surface area contributed by atoms with Crippen LogP contribution in [0.25, 0.3) is 11.0 Å². The van der Waals surface area contributed by atoms with Crippen molar-refractivity contribution >= 4 is 30.2 Å². The summed E-state index contributed by atoms with van der Waals surface area (Å²) in [5.41, 5.74) is 1.42. The molecule has 3 aromatic rings. The zero-order chi connectivity index (χ0) is 15.3. The molecule has 0 aliphatic carbocycles. The highest BCUT2D eigenvalue weighted by atomic mass is 19.3. The fraction of sp³-hybridized carbons (Fsp3) is 0. The molecule has 110 valence electrons. The van der Waals surface area contributed by atoms with Crippen LogP contribution < -0.4 is 4.65 Å². The molecule has 0 unspecified atom stereocenters. The molecule has 0 atom stereocenters. The van der Waals surface area contributed by atoms with Gasteiger partial charge < -0.3 is 17.8 Å². The highest BCUT2D eigenvalue weighted by molar-refractivity contribution is 6.52. The Kier molecular flexibility index (Phi) is 2.57. The van der Waals surface area contributed by atoms with Crippen molar-refractivity contribution in [3.05, 3.63) is 53.8 Å². The van der Waals surface area contributed by atoms with Crippen LogP contribution >= 0.6 is 0 Å². The van der Waals surface area contributed by atoms with E-state index in [9.17, 15) is 13.0 Å². The fourth-order valence-corrected chi connectivity index (χ4v) is 2.44. The lowest BCUT2D eigenvalue weighted by Crippen LogP contribution is -2.47. The first-order valence-corrected chi connectivity index (χ1v) is 6.61. The number of aromatic amines is 1. The number of fused-ring (bicyclic) bond motifs is 2. The molecule has 0 radical (unpaired) electrons. The minimum Gasteiger partial charge on any atom is -0.630 e. The number of hydrogen-bond donors (Lipinski definition) is 1. The summed E-state index contributed by atoms with van der Waals surface area (Å²) >= 11 is 0. The number of benzene rings is 2. The molecule has 1 aliphatic rings. The third-order valence-electron chi connectivity index (χ3n) is 3.46. The quantitative estimate of drug-likeness (QED) is 0.701. The first kappa shape index (κ1) is 12.9. The average molecular weight is 303 g/mol. The summed E-state index contributed by atoms with van der Waals surface area (Å²) in [6.07, 6.45) is 1.14. The van der Waals surface area contributed by atoms with E-state index in [0.717, 1.165) is 18.3 Å². The molecule has 0 amide bonds. The Balaban J connectivity index is 1.91. The van der Waals surface area contributed by atoms with Gasteiger partial charge in [-0.05, 0) is 30.3 Å². The number of nitrogens with one attached hydrogen (secondary N) is 1. The highest BCUT2D eigenvalue weighted by Crippen LogP contribution is 2.31. The van der Waals surface area contributed by atoms with Gasteiger partial charge in [0.25, 0.3) is 0 Å². The van der Waals surface area contributed by atoms with Crippen LogP contribution in [0.4, 0.5) is 19.0 Å². The lowest BCUT2D eigenvalue weighted by Gasteiger charge is -2.31. The molecule has 0 bridgehead atoms. The summed E-state index contributed by atoms with van der Waals surface area (Å²) < 4.78 is 47.1. The van der Waals surface area contributed by atoms with Crippen LogP contribution in [0.3, 0.4) is 0 Å². The van der Waals surface area contributed by atoms with Crippen LogP contribution in [0.15, 0.2) is 42.5 Å². The number of hydrogen-bond acceptors (Lipinski definition) is 2. The Morgan fingerprint density at radius 3 is 2.77 bits per heavy atom. The largest absolute Gasteiger partial charge is 0.701 e. The van der Waals surface area contributed by atoms with Crippen LogP contribution in [0.2, 0.25) is 0 Å². The van der Waals surface area contributed by atoms with Gasteiger partial charge in [-0.2, -0.15) is 0 Å². The third kappa shape index (κ3) is 1.95. The smallest absolute Gasteiger partial charge is 0.630 e. The Bertz CT molecular complexity index is 890. The van der Waals surface area contributed by atoms with Crippen LogP contribution in [-0.4, -0.2) is 27.7 Å². The second-order valence-electron chi connectivity index (χ2n) is 4.98. The topological polar surface area (TPSA) is 40.9 Å². The maximum absolute atomic E-state index is 14.2. The number of para-hydroxylation sites is 2. The van der Waals surface area contributed by atoms with Crippen LogP contribution in [0, 0.1) is 5.82 Å². The Morgan fingerprint density at radius 2 is 1.95 bits per heavy atom. The molecule has 2 heterocycles. The van der Waals surface area contributed by atoms with E-state index >= 15 is 0 Å². The Morgan fingerprint density at radius 1 is 1.14 bits per heavy atom. The van der Waals surface area contributed by atoms with Crippen molar-refractivity contribution in [3.8, 4) is 5.75 Å². The number of H-pyrrole nitrogens is 1. The van der Waals surface area contributed by atoms with Crippen LogP contribution in [-0.2, 0) is 0 Å². The third-order valence-corrected chi connectivity index (χ3v) is 3.46. The van der Waals surface area contributed by atoms with Gasteiger partial charge >= 0.3 is 13.0 Å². The number of nitrogens with zero attached hydrogens (tertiary/aromatic N) is 2. The second-order valence-corrected chi connectivity index (χ2v) is 4.98. The monoisotopic (exact) mass is 303 g/mol. The minimum atomic E-state index is -4.35. The zero-order valence-corrected chi connectivity index (χ0v) is 11.1. The van der Waals surface area contributed by atoms with Crippen LogP contribution in [0.1, 0.15) is 5.56 Å². The zero-order valence-electron chi connectivity index (χ0n) is 11.1. The van der Waals surface area contributed by atoms with Gasteiger partial charge in [0.1, 0.15) is 11.3 Å². The van der Waals surface area contributed by atoms with E-state index in [2.05, 4.69) is 9.97 Å². The summed E-state index contributed by atoms with van der Waals surface area (Å²) in [5, 5.41) is 0. The molecule has 1 N–H and O–H groups in total. The van der Waals surface area contributed by atoms with Gasteiger partial charge in [-0.15, -0.1) is 0 Å². The average Bonchev–Trinajstić information content (AvgIpc) is 2.90. The predicted octanol–water partition coefficient (Wildman–Crippen LogP) is 3.23. The van der Waals surface area contributed by atoms with Gasteiger partial charge in [0.15, 0.2) is 5.52 Å². The lowest BCUT2D eigenvalue weighted by molar-refractivity contribution is -0.352. The summed E-state index contributed by atoms with van der Waals surface area (Å²) in [5.74, 6) is -0.638. The molecule has 8 heteroatoms. The molecular formula is C14H9BF3N3O. The summed E-state index contributed by atoms with van der Waals surface area (Å²) in [7, 11) is -4.35. The number of aromatic nitrogens is 2. The van der Waals surface area contributed by atoms with Gasteiger partial charge in [-0.1, -0.05) is 17.1 Å². The number of imidazole rings is 1.